The van der Waals surface area contributed by atoms with Gasteiger partial charge in [-0.05, 0) is 68.1 Å². The van der Waals surface area contributed by atoms with Crippen molar-refractivity contribution >= 4 is 17.7 Å². The quantitative estimate of drug-likeness (QED) is 0.584. The third-order valence-electron chi connectivity index (χ3n) is 5.02. The van der Waals surface area contributed by atoms with Crippen LogP contribution in [-0.2, 0) is 0 Å². The molecule has 6 nitrogen and oxygen atoms in total. The van der Waals surface area contributed by atoms with E-state index in [1.807, 2.05) is 31.2 Å². The Labute approximate surface area is 162 Å². The maximum absolute atomic E-state index is 12.0. The minimum Gasteiger partial charge on any atom is -0.338 e. The Morgan fingerprint density at radius 1 is 0.963 bits per heavy atom. The van der Waals surface area contributed by atoms with Crippen LogP contribution in [0.4, 0.5) is 15.3 Å². The third-order valence-corrected chi connectivity index (χ3v) is 5.02. The second kappa shape index (κ2) is 10.8. The number of carbonyl (C=O) groups is 2. The minimum atomic E-state index is -0.147. The van der Waals surface area contributed by atoms with Crippen molar-refractivity contribution in [3.05, 3.63) is 29.8 Å². The molecule has 1 aliphatic carbocycles. The van der Waals surface area contributed by atoms with E-state index >= 15 is 0 Å². The summed E-state index contributed by atoms with van der Waals surface area (Å²) in [6.45, 7) is 8.30. The maximum atomic E-state index is 12.0. The summed E-state index contributed by atoms with van der Waals surface area (Å²) in [6.07, 6.45) is 4.36. The van der Waals surface area contributed by atoms with Crippen molar-refractivity contribution in [3.63, 3.8) is 0 Å². The molecule has 27 heavy (non-hydrogen) atoms. The summed E-state index contributed by atoms with van der Waals surface area (Å²) in [5.41, 5.74) is 1.94. The summed E-state index contributed by atoms with van der Waals surface area (Å²) in [5.74, 6) is 1.51. The molecule has 0 bridgehead atoms. The molecule has 0 atom stereocenters. The smallest absolute Gasteiger partial charge is 0.319 e. The molecule has 0 spiro atoms. The summed E-state index contributed by atoms with van der Waals surface area (Å²) < 4.78 is 0. The fourth-order valence-electron chi connectivity index (χ4n) is 3.37. The summed E-state index contributed by atoms with van der Waals surface area (Å²) >= 11 is 0. The van der Waals surface area contributed by atoms with Crippen molar-refractivity contribution in [1.82, 2.24) is 16.0 Å². The molecule has 0 aliphatic heterocycles. The Balaban J connectivity index is 1.59. The van der Waals surface area contributed by atoms with Crippen molar-refractivity contribution in [3.8, 4) is 0 Å². The molecule has 0 unspecified atom stereocenters. The van der Waals surface area contributed by atoms with E-state index in [2.05, 4.69) is 35.1 Å². The predicted molar refractivity (Wildman–Crippen MR) is 110 cm³/mol. The Kier molecular flexibility index (Phi) is 8.43. The van der Waals surface area contributed by atoms with Gasteiger partial charge in [-0.15, -0.1) is 0 Å². The molecule has 1 aromatic carbocycles. The molecule has 0 heterocycles. The predicted octanol–water partition coefficient (Wildman–Crippen LogP) is 3.88. The summed E-state index contributed by atoms with van der Waals surface area (Å²) in [6, 6.07) is 7.57. The second-order valence-electron chi connectivity index (χ2n) is 8.08. The number of carbonyl (C=O) groups excluding carboxylic acids is 2. The number of amides is 4. The molecule has 2 rings (SSSR count). The summed E-state index contributed by atoms with van der Waals surface area (Å²) in [5, 5.41) is 11.7. The standard InChI is InChI=1S/C21H34N4O2/c1-15(2)12-22-20(26)23-13-17-7-9-18(10-8-17)14-24-21(27)25-19-6-4-5-16(3)11-19/h4-6,11,15,17-18H,7-10,12-14H2,1-3H3,(H2,22,23,26)(H2,24,25,27). The second-order valence-corrected chi connectivity index (χ2v) is 8.08. The van der Waals surface area contributed by atoms with Crippen LogP contribution in [0.5, 0.6) is 0 Å². The number of aryl methyl sites for hydroxylation is 1. The minimum absolute atomic E-state index is 0.0692. The number of rotatable bonds is 7. The summed E-state index contributed by atoms with van der Waals surface area (Å²) in [7, 11) is 0. The van der Waals surface area contributed by atoms with Crippen molar-refractivity contribution in [2.24, 2.45) is 17.8 Å². The van der Waals surface area contributed by atoms with Gasteiger partial charge in [-0.3, -0.25) is 0 Å². The Morgan fingerprint density at radius 3 is 2.11 bits per heavy atom. The van der Waals surface area contributed by atoms with Gasteiger partial charge in [0.15, 0.2) is 0 Å². The first-order valence-corrected chi connectivity index (χ1v) is 10.1. The first kappa shape index (κ1) is 21.1. The van der Waals surface area contributed by atoms with Crippen molar-refractivity contribution in [1.29, 1.82) is 0 Å². The van der Waals surface area contributed by atoms with Gasteiger partial charge >= 0.3 is 12.1 Å². The molecule has 1 fully saturated rings. The highest BCUT2D eigenvalue weighted by atomic mass is 16.2. The van der Waals surface area contributed by atoms with Crippen LogP contribution in [0.2, 0.25) is 0 Å². The number of anilines is 1. The molecule has 1 aliphatic rings. The average molecular weight is 375 g/mol. The molecule has 0 radical (unpaired) electrons. The van der Waals surface area contributed by atoms with E-state index in [4.69, 9.17) is 0 Å². The Morgan fingerprint density at radius 2 is 1.56 bits per heavy atom. The van der Waals surface area contributed by atoms with Crippen LogP contribution in [-0.4, -0.2) is 31.7 Å². The van der Waals surface area contributed by atoms with E-state index in [9.17, 15) is 9.59 Å². The van der Waals surface area contributed by atoms with Gasteiger partial charge in [0.25, 0.3) is 0 Å². The first-order valence-electron chi connectivity index (χ1n) is 10.1. The van der Waals surface area contributed by atoms with Crippen LogP contribution < -0.4 is 21.3 Å². The molecule has 6 heteroatoms. The monoisotopic (exact) mass is 374 g/mol. The molecule has 0 aromatic heterocycles. The zero-order chi connectivity index (χ0) is 19.6. The molecule has 4 amide bonds. The van der Waals surface area contributed by atoms with Gasteiger partial charge in [0.1, 0.15) is 0 Å². The van der Waals surface area contributed by atoms with Crippen LogP contribution in [0.1, 0.15) is 45.1 Å². The number of hydrogen-bond acceptors (Lipinski definition) is 2. The first-order chi connectivity index (χ1) is 12.9. The third kappa shape index (κ3) is 8.33. The molecule has 4 N–H and O–H groups in total. The zero-order valence-corrected chi connectivity index (χ0v) is 16.8. The van der Waals surface area contributed by atoms with E-state index in [1.165, 1.54) is 0 Å². The fraction of sp³-hybridized carbons (Fsp3) is 0.619. The number of nitrogens with one attached hydrogen (secondary N) is 4. The van der Waals surface area contributed by atoms with Crippen LogP contribution >= 0.6 is 0 Å². The molecule has 1 aromatic rings. The van der Waals surface area contributed by atoms with Crippen molar-refractivity contribution in [2.45, 2.75) is 46.5 Å². The SMILES string of the molecule is Cc1cccc(NC(=O)NCC2CCC(CNC(=O)NCC(C)C)CC2)c1. The average Bonchev–Trinajstić information content (AvgIpc) is 2.64. The number of benzene rings is 1. The van der Waals surface area contributed by atoms with E-state index in [-0.39, 0.29) is 12.1 Å². The van der Waals surface area contributed by atoms with Gasteiger partial charge in [-0.25, -0.2) is 9.59 Å². The van der Waals surface area contributed by atoms with Gasteiger partial charge in [0.05, 0.1) is 0 Å². The van der Waals surface area contributed by atoms with E-state index in [0.717, 1.165) is 43.5 Å². The van der Waals surface area contributed by atoms with Gasteiger partial charge < -0.3 is 21.3 Å². The highest BCUT2D eigenvalue weighted by Crippen LogP contribution is 2.27. The number of urea groups is 2. The molecular weight excluding hydrogens is 340 g/mol. The largest absolute Gasteiger partial charge is 0.338 e. The lowest BCUT2D eigenvalue weighted by Gasteiger charge is -2.28. The van der Waals surface area contributed by atoms with Crippen molar-refractivity contribution < 1.29 is 9.59 Å². The Hall–Kier alpha value is -2.24. The highest BCUT2D eigenvalue weighted by molar-refractivity contribution is 5.89. The highest BCUT2D eigenvalue weighted by Gasteiger charge is 2.22. The fourth-order valence-corrected chi connectivity index (χ4v) is 3.37. The lowest BCUT2D eigenvalue weighted by Crippen LogP contribution is -2.41. The molecule has 0 saturated heterocycles. The maximum Gasteiger partial charge on any atom is 0.319 e. The zero-order valence-electron chi connectivity index (χ0n) is 16.8. The number of hydrogen-bond donors (Lipinski definition) is 4. The van der Waals surface area contributed by atoms with Gasteiger partial charge in [0.2, 0.25) is 0 Å². The van der Waals surface area contributed by atoms with Crippen LogP contribution in [0.25, 0.3) is 0 Å². The van der Waals surface area contributed by atoms with Crippen molar-refractivity contribution in [2.75, 3.05) is 25.0 Å². The molecular formula is C21H34N4O2. The summed E-state index contributed by atoms with van der Waals surface area (Å²) in [4.78, 5) is 23.8. The Bertz CT molecular complexity index is 610. The van der Waals surface area contributed by atoms with Gasteiger partial charge in [0, 0.05) is 25.3 Å². The van der Waals surface area contributed by atoms with Gasteiger partial charge in [-0.2, -0.15) is 0 Å². The molecule has 150 valence electrons. The van der Waals surface area contributed by atoms with E-state index < -0.39 is 0 Å². The van der Waals surface area contributed by atoms with Crippen LogP contribution in [0.15, 0.2) is 24.3 Å². The molecule has 1 saturated carbocycles. The van der Waals surface area contributed by atoms with Gasteiger partial charge in [-0.1, -0.05) is 26.0 Å². The van der Waals surface area contributed by atoms with Crippen LogP contribution in [0.3, 0.4) is 0 Å². The van der Waals surface area contributed by atoms with E-state index in [1.54, 1.807) is 0 Å². The lowest BCUT2D eigenvalue weighted by molar-refractivity contribution is 0.226. The normalized spacial score (nSPS) is 19.4. The topological polar surface area (TPSA) is 82.3 Å². The lowest BCUT2D eigenvalue weighted by atomic mass is 9.82. The van der Waals surface area contributed by atoms with E-state index in [0.29, 0.717) is 30.8 Å². The van der Waals surface area contributed by atoms with Crippen LogP contribution in [0, 0.1) is 24.7 Å².